The summed E-state index contributed by atoms with van der Waals surface area (Å²) in [6.07, 6.45) is 3.45. The van der Waals surface area contributed by atoms with Crippen molar-refractivity contribution in [1.82, 2.24) is 5.43 Å². The minimum Gasteiger partial charge on any atom is -0.494 e. The zero-order valence-corrected chi connectivity index (χ0v) is 20.4. The molecule has 0 saturated heterocycles. The van der Waals surface area contributed by atoms with Gasteiger partial charge in [0.05, 0.1) is 12.8 Å². The van der Waals surface area contributed by atoms with E-state index in [1.807, 2.05) is 36.4 Å². The van der Waals surface area contributed by atoms with Gasteiger partial charge >= 0.3 is 11.8 Å². The van der Waals surface area contributed by atoms with Crippen LogP contribution in [0.5, 0.6) is 11.5 Å². The number of benzene rings is 3. The van der Waals surface area contributed by atoms with Gasteiger partial charge in [0.15, 0.2) is 0 Å². The standard InChI is InChI=1S/C26H26BrN3O4/c1-2-3-15-33-23-12-10-22(11-13-23)29-25(31)26(32)30-28-17-20-16-21(27)9-14-24(20)34-18-19-7-5-4-6-8-19/h4-14,16-17H,2-3,15,18H2,1H3,(H,29,31)(H,30,32)/b28-17-. The smallest absolute Gasteiger partial charge is 0.329 e. The largest absolute Gasteiger partial charge is 0.494 e. The molecule has 0 aliphatic carbocycles. The van der Waals surface area contributed by atoms with Crippen LogP contribution in [0.3, 0.4) is 0 Å². The third-order valence-corrected chi connectivity index (χ3v) is 5.16. The van der Waals surface area contributed by atoms with Crippen molar-refractivity contribution in [2.24, 2.45) is 5.10 Å². The van der Waals surface area contributed by atoms with Crippen molar-refractivity contribution in [1.29, 1.82) is 0 Å². The molecule has 0 aliphatic heterocycles. The molecule has 7 nitrogen and oxygen atoms in total. The lowest BCUT2D eigenvalue weighted by Gasteiger charge is -2.10. The molecule has 2 amide bonds. The first-order valence-corrected chi connectivity index (χ1v) is 11.7. The molecule has 3 aromatic carbocycles. The summed E-state index contributed by atoms with van der Waals surface area (Å²) < 4.78 is 12.3. The Hall–Kier alpha value is -3.65. The SMILES string of the molecule is CCCCOc1ccc(NC(=O)C(=O)N/N=C\c2cc(Br)ccc2OCc2ccccc2)cc1. The summed E-state index contributed by atoms with van der Waals surface area (Å²) in [7, 11) is 0. The van der Waals surface area contributed by atoms with Gasteiger partial charge in [-0.25, -0.2) is 5.43 Å². The number of nitrogens with zero attached hydrogens (tertiary/aromatic N) is 1. The number of hydrogen-bond acceptors (Lipinski definition) is 5. The molecule has 8 heteroatoms. The van der Waals surface area contributed by atoms with E-state index in [1.54, 1.807) is 36.4 Å². The van der Waals surface area contributed by atoms with Crippen LogP contribution in [-0.4, -0.2) is 24.6 Å². The summed E-state index contributed by atoms with van der Waals surface area (Å²) in [6.45, 7) is 3.12. The molecule has 0 atom stereocenters. The van der Waals surface area contributed by atoms with Gasteiger partial charge in [0.25, 0.3) is 0 Å². The molecule has 2 N–H and O–H groups in total. The topological polar surface area (TPSA) is 89.0 Å². The Balaban J connectivity index is 1.53. The maximum Gasteiger partial charge on any atom is 0.329 e. The Labute approximate surface area is 207 Å². The number of ether oxygens (including phenoxy) is 2. The average molecular weight is 524 g/mol. The van der Waals surface area contributed by atoms with Crippen molar-refractivity contribution in [2.45, 2.75) is 26.4 Å². The number of carbonyl (C=O) groups is 2. The highest BCUT2D eigenvalue weighted by Crippen LogP contribution is 2.23. The number of hydrogen-bond donors (Lipinski definition) is 2. The van der Waals surface area contributed by atoms with Crippen molar-refractivity contribution in [3.63, 3.8) is 0 Å². The number of rotatable bonds is 10. The molecule has 0 aromatic heterocycles. The highest BCUT2D eigenvalue weighted by Gasteiger charge is 2.13. The van der Waals surface area contributed by atoms with Gasteiger partial charge in [0, 0.05) is 15.7 Å². The second-order valence-corrected chi connectivity index (χ2v) is 8.25. The molecule has 3 aromatic rings. The highest BCUT2D eigenvalue weighted by molar-refractivity contribution is 9.10. The summed E-state index contributed by atoms with van der Waals surface area (Å²) in [5.74, 6) is -0.413. The van der Waals surface area contributed by atoms with Crippen LogP contribution in [0.1, 0.15) is 30.9 Å². The molecule has 0 fully saturated rings. The van der Waals surface area contributed by atoms with Crippen LogP contribution >= 0.6 is 15.9 Å². The first kappa shape index (κ1) is 25.0. The van der Waals surface area contributed by atoms with Crippen LogP contribution in [0, 0.1) is 0 Å². The molecule has 0 radical (unpaired) electrons. The molecule has 0 spiro atoms. The van der Waals surface area contributed by atoms with Gasteiger partial charge < -0.3 is 14.8 Å². The van der Waals surface area contributed by atoms with Gasteiger partial charge in [0.1, 0.15) is 18.1 Å². The lowest BCUT2D eigenvalue weighted by Crippen LogP contribution is -2.32. The fourth-order valence-corrected chi connectivity index (χ4v) is 3.23. The lowest BCUT2D eigenvalue weighted by atomic mass is 10.2. The van der Waals surface area contributed by atoms with Crippen molar-refractivity contribution in [3.8, 4) is 11.5 Å². The monoisotopic (exact) mass is 523 g/mol. The number of anilines is 1. The molecule has 34 heavy (non-hydrogen) atoms. The van der Waals surface area contributed by atoms with E-state index in [0.717, 1.165) is 22.9 Å². The van der Waals surface area contributed by atoms with Crippen molar-refractivity contribution < 1.29 is 19.1 Å². The fraction of sp³-hybridized carbons (Fsp3) is 0.192. The molecule has 0 unspecified atom stereocenters. The first-order chi connectivity index (χ1) is 16.5. The molecule has 3 rings (SSSR count). The number of hydrazone groups is 1. The number of amides is 2. The van der Waals surface area contributed by atoms with E-state index in [1.165, 1.54) is 6.21 Å². The number of halogens is 1. The highest BCUT2D eigenvalue weighted by atomic mass is 79.9. The molecule has 0 aliphatic rings. The van der Waals surface area contributed by atoms with Crippen LogP contribution in [0.25, 0.3) is 0 Å². The Bertz CT molecular complexity index is 1120. The van der Waals surface area contributed by atoms with Gasteiger partial charge in [-0.3, -0.25) is 9.59 Å². The Morgan fingerprint density at radius 3 is 2.47 bits per heavy atom. The second-order valence-electron chi connectivity index (χ2n) is 7.34. The van der Waals surface area contributed by atoms with Crippen LogP contribution in [-0.2, 0) is 16.2 Å². The summed E-state index contributed by atoms with van der Waals surface area (Å²) in [4.78, 5) is 24.3. The molecule has 176 valence electrons. The third-order valence-electron chi connectivity index (χ3n) is 4.66. The molecular formula is C26H26BrN3O4. The van der Waals surface area contributed by atoms with Gasteiger partial charge in [-0.15, -0.1) is 0 Å². The first-order valence-electron chi connectivity index (χ1n) is 10.9. The molecule has 0 bridgehead atoms. The Morgan fingerprint density at radius 1 is 0.971 bits per heavy atom. The van der Waals surface area contributed by atoms with Gasteiger partial charge in [-0.1, -0.05) is 59.6 Å². The van der Waals surface area contributed by atoms with Crippen LogP contribution in [0.15, 0.2) is 82.4 Å². The molecule has 0 saturated carbocycles. The molecular weight excluding hydrogens is 498 g/mol. The minimum atomic E-state index is -0.888. The minimum absolute atomic E-state index is 0.389. The van der Waals surface area contributed by atoms with Crippen molar-refractivity contribution >= 4 is 39.6 Å². The van der Waals surface area contributed by atoms with E-state index >= 15 is 0 Å². The van der Waals surface area contributed by atoms with E-state index in [0.29, 0.717) is 36.0 Å². The normalized spacial score (nSPS) is 10.6. The van der Waals surface area contributed by atoms with Crippen molar-refractivity contribution in [2.75, 3.05) is 11.9 Å². The van der Waals surface area contributed by atoms with Gasteiger partial charge in [-0.05, 0) is 54.4 Å². The van der Waals surface area contributed by atoms with Gasteiger partial charge in [-0.2, -0.15) is 5.10 Å². The van der Waals surface area contributed by atoms with Gasteiger partial charge in [0.2, 0.25) is 0 Å². The molecule has 0 heterocycles. The average Bonchev–Trinajstić information content (AvgIpc) is 2.85. The summed E-state index contributed by atoms with van der Waals surface area (Å²) in [5, 5.41) is 6.44. The summed E-state index contributed by atoms with van der Waals surface area (Å²) in [6, 6.07) is 22.1. The van der Waals surface area contributed by atoms with Crippen LogP contribution in [0.4, 0.5) is 5.69 Å². The van der Waals surface area contributed by atoms with E-state index in [2.05, 4.69) is 38.7 Å². The Morgan fingerprint density at radius 2 is 1.74 bits per heavy atom. The number of nitrogens with one attached hydrogen (secondary N) is 2. The summed E-state index contributed by atoms with van der Waals surface area (Å²) in [5.41, 5.74) is 4.39. The fourth-order valence-electron chi connectivity index (χ4n) is 2.85. The third kappa shape index (κ3) is 8.04. The maximum absolute atomic E-state index is 12.2. The predicted molar refractivity (Wildman–Crippen MR) is 136 cm³/mol. The second kappa shape index (κ2) is 13.2. The zero-order chi connectivity index (χ0) is 24.2. The maximum atomic E-state index is 12.2. The van der Waals surface area contributed by atoms with E-state index in [4.69, 9.17) is 9.47 Å². The lowest BCUT2D eigenvalue weighted by molar-refractivity contribution is -0.136. The predicted octanol–water partition coefficient (Wildman–Crippen LogP) is 5.30. The van der Waals surface area contributed by atoms with E-state index in [-0.39, 0.29) is 0 Å². The van der Waals surface area contributed by atoms with Crippen LogP contribution < -0.4 is 20.2 Å². The number of unbranched alkanes of at least 4 members (excludes halogenated alkanes) is 1. The quantitative estimate of drug-likeness (QED) is 0.163. The zero-order valence-electron chi connectivity index (χ0n) is 18.8. The van der Waals surface area contributed by atoms with E-state index in [9.17, 15) is 9.59 Å². The summed E-state index contributed by atoms with van der Waals surface area (Å²) >= 11 is 3.42. The van der Waals surface area contributed by atoms with Crippen molar-refractivity contribution in [3.05, 3.63) is 88.4 Å². The van der Waals surface area contributed by atoms with Crippen LogP contribution in [0.2, 0.25) is 0 Å². The Kier molecular flexibility index (Phi) is 9.66. The number of carbonyl (C=O) groups excluding carboxylic acids is 2. The van der Waals surface area contributed by atoms with E-state index < -0.39 is 11.8 Å².